The van der Waals surface area contributed by atoms with Crippen LogP contribution >= 0.6 is 23.1 Å². The number of aryl methyl sites for hydroxylation is 2. The molecule has 0 unspecified atom stereocenters. The lowest BCUT2D eigenvalue weighted by Crippen LogP contribution is -2.39. The van der Waals surface area contributed by atoms with Crippen molar-refractivity contribution >= 4 is 39.2 Å². The molecule has 0 aliphatic heterocycles. The van der Waals surface area contributed by atoms with Gasteiger partial charge < -0.3 is 10.1 Å². The number of aromatic nitrogens is 2. The molecule has 2 heterocycles. The van der Waals surface area contributed by atoms with Crippen molar-refractivity contribution in [3.05, 3.63) is 45.1 Å². The molecule has 0 spiro atoms. The number of fused-ring (bicyclic) bond motifs is 3. The smallest absolute Gasteiger partial charge is 0.267 e. The summed E-state index contributed by atoms with van der Waals surface area (Å²) >= 11 is 2.98. The molecule has 178 valence electrons. The highest BCUT2D eigenvalue weighted by Crippen LogP contribution is 2.44. The molecule has 0 saturated heterocycles. The average Bonchev–Trinajstić information content (AvgIpc) is 3.78. The number of amides is 1. The van der Waals surface area contributed by atoms with Crippen molar-refractivity contribution in [2.45, 2.75) is 62.6 Å². The maximum Gasteiger partial charge on any atom is 0.267 e. The second-order valence-corrected chi connectivity index (χ2v) is 11.7. The third-order valence-electron chi connectivity index (χ3n) is 7.20. The summed E-state index contributed by atoms with van der Waals surface area (Å²) in [6, 6.07) is 7.85. The molecule has 2 fully saturated rings. The number of carbonyl (C=O) groups excluding carboxylic acids is 1. The van der Waals surface area contributed by atoms with E-state index in [0.717, 1.165) is 35.9 Å². The van der Waals surface area contributed by atoms with Gasteiger partial charge >= 0.3 is 0 Å². The number of ether oxygens (including phenoxy) is 1. The number of rotatable bonds is 8. The summed E-state index contributed by atoms with van der Waals surface area (Å²) in [4.78, 5) is 33.9. The number of thiophene rings is 1. The average molecular weight is 496 g/mol. The zero-order valence-electron chi connectivity index (χ0n) is 19.3. The van der Waals surface area contributed by atoms with Crippen molar-refractivity contribution in [3.63, 3.8) is 0 Å². The fraction of sp³-hybridized carbons (Fsp3) is 0.500. The second kappa shape index (κ2) is 9.04. The van der Waals surface area contributed by atoms with Crippen LogP contribution in [0, 0.1) is 11.8 Å². The normalized spacial score (nSPS) is 17.7. The lowest BCUT2D eigenvalue weighted by atomic mass is 9.97. The van der Waals surface area contributed by atoms with E-state index in [1.165, 1.54) is 47.9 Å². The zero-order valence-corrected chi connectivity index (χ0v) is 21.0. The van der Waals surface area contributed by atoms with E-state index in [-0.39, 0.29) is 17.2 Å². The molecule has 1 amide bonds. The molecule has 0 atom stereocenters. The maximum absolute atomic E-state index is 13.9. The van der Waals surface area contributed by atoms with Gasteiger partial charge in [-0.25, -0.2) is 4.98 Å². The van der Waals surface area contributed by atoms with E-state index < -0.39 is 0 Å². The van der Waals surface area contributed by atoms with E-state index in [1.807, 2.05) is 24.3 Å². The first-order valence-electron chi connectivity index (χ1n) is 12.3. The van der Waals surface area contributed by atoms with Crippen LogP contribution in [0.15, 0.2) is 34.2 Å². The summed E-state index contributed by atoms with van der Waals surface area (Å²) in [5.41, 5.74) is 1.76. The van der Waals surface area contributed by atoms with Crippen LogP contribution in [0.25, 0.3) is 15.9 Å². The Labute approximate surface area is 207 Å². The Morgan fingerprint density at radius 3 is 2.68 bits per heavy atom. The quantitative estimate of drug-likeness (QED) is 0.361. The fourth-order valence-electron chi connectivity index (χ4n) is 5.20. The molecule has 2 aromatic heterocycles. The van der Waals surface area contributed by atoms with Gasteiger partial charge in [0.15, 0.2) is 5.16 Å². The van der Waals surface area contributed by atoms with Crippen molar-refractivity contribution in [1.82, 2.24) is 14.9 Å². The number of hydrogen-bond donors (Lipinski definition) is 1. The molecular formula is C26H29N3O3S2. The van der Waals surface area contributed by atoms with Gasteiger partial charge in [0.25, 0.3) is 5.56 Å². The Kier molecular flexibility index (Phi) is 5.89. The van der Waals surface area contributed by atoms with Gasteiger partial charge in [-0.05, 0) is 80.9 Å². The lowest BCUT2D eigenvalue weighted by Gasteiger charge is -2.18. The molecule has 2 saturated carbocycles. The molecule has 3 aromatic rings. The number of para-hydroxylation sites is 2. The van der Waals surface area contributed by atoms with E-state index >= 15 is 0 Å². The van der Waals surface area contributed by atoms with Gasteiger partial charge in [-0.3, -0.25) is 14.2 Å². The first-order chi connectivity index (χ1) is 16.6. The SMILES string of the molecule is COc1ccccc1-n1c(SCC(=O)NC(C2CC2)C2CC2)nc2sc3c(c2c1=O)CCCC3. The van der Waals surface area contributed by atoms with Gasteiger partial charge in [0.1, 0.15) is 10.6 Å². The summed E-state index contributed by atoms with van der Waals surface area (Å²) in [5.74, 6) is 2.19. The largest absolute Gasteiger partial charge is 0.495 e. The number of methoxy groups -OCH3 is 1. The van der Waals surface area contributed by atoms with Gasteiger partial charge in [-0.15, -0.1) is 11.3 Å². The van der Waals surface area contributed by atoms with Crippen molar-refractivity contribution in [3.8, 4) is 11.4 Å². The van der Waals surface area contributed by atoms with Gasteiger partial charge in [0, 0.05) is 10.9 Å². The molecule has 1 N–H and O–H groups in total. The van der Waals surface area contributed by atoms with E-state index in [9.17, 15) is 9.59 Å². The minimum atomic E-state index is -0.0642. The van der Waals surface area contributed by atoms with Gasteiger partial charge in [-0.1, -0.05) is 23.9 Å². The van der Waals surface area contributed by atoms with Crippen LogP contribution in [-0.2, 0) is 17.6 Å². The van der Waals surface area contributed by atoms with E-state index in [1.54, 1.807) is 23.0 Å². The van der Waals surface area contributed by atoms with Crippen LogP contribution in [0.4, 0.5) is 0 Å². The number of thioether (sulfide) groups is 1. The molecule has 3 aliphatic carbocycles. The number of carbonyl (C=O) groups is 1. The van der Waals surface area contributed by atoms with Crippen LogP contribution in [0.2, 0.25) is 0 Å². The van der Waals surface area contributed by atoms with Crippen molar-refractivity contribution in [2.24, 2.45) is 11.8 Å². The molecule has 3 aliphatic rings. The van der Waals surface area contributed by atoms with Gasteiger partial charge in [-0.2, -0.15) is 0 Å². The minimum Gasteiger partial charge on any atom is -0.495 e. The van der Waals surface area contributed by atoms with E-state index in [4.69, 9.17) is 9.72 Å². The summed E-state index contributed by atoms with van der Waals surface area (Å²) in [5, 5.41) is 4.57. The van der Waals surface area contributed by atoms with Crippen LogP contribution in [0.3, 0.4) is 0 Å². The highest BCUT2D eigenvalue weighted by atomic mass is 32.2. The topological polar surface area (TPSA) is 73.2 Å². The van der Waals surface area contributed by atoms with Crippen molar-refractivity contribution in [2.75, 3.05) is 12.9 Å². The van der Waals surface area contributed by atoms with Crippen molar-refractivity contribution in [1.29, 1.82) is 0 Å². The van der Waals surface area contributed by atoms with Crippen LogP contribution in [-0.4, -0.2) is 34.4 Å². The molecule has 8 heteroatoms. The molecule has 1 aromatic carbocycles. The summed E-state index contributed by atoms with van der Waals surface area (Å²) in [6.07, 6.45) is 9.10. The predicted molar refractivity (Wildman–Crippen MR) is 137 cm³/mol. The predicted octanol–water partition coefficient (Wildman–Crippen LogP) is 4.73. The Balaban J connectivity index is 1.37. The minimum absolute atomic E-state index is 0.0280. The highest BCUT2D eigenvalue weighted by molar-refractivity contribution is 7.99. The monoisotopic (exact) mass is 495 g/mol. The number of benzene rings is 1. The van der Waals surface area contributed by atoms with Crippen LogP contribution in [0.1, 0.15) is 49.0 Å². The molecule has 34 heavy (non-hydrogen) atoms. The molecule has 6 rings (SSSR count). The van der Waals surface area contributed by atoms with Crippen molar-refractivity contribution < 1.29 is 9.53 Å². The molecule has 0 bridgehead atoms. The van der Waals surface area contributed by atoms with E-state index in [0.29, 0.717) is 34.5 Å². The van der Waals surface area contributed by atoms with Gasteiger partial charge in [0.2, 0.25) is 5.91 Å². The summed E-state index contributed by atoms with van der Waals surface area (Å²) < 4.78 is 7.24. The third kappa shape index (κ3) is 4.15. The Morgan fingerprint density at radius 1 is 1.21 bits per heavy atom. The Hall–Kier alpha value is -2.32. The molecular weight excluding hydrogens is 466 g/mol. The standard InChI is InChI=1S/C26H29N3O3S2/c1-32-19-8-4-3-7-18(19)29-25(31)22-17-6-2-5-9-20(17)34-24(22)28-26(29)33-14-21(30)27-23(15-10-11-15)16-12-13-16/h3-4,7-8,15-16,23H,2,5-6,9-14H2,1H3,(H,27,30). The number of nitrogens with one attached hydrogen (secondary N) is 1. The number of hydrogen-bond acceptors (Lipinski definition) is 6. The molecule has 6 nitrogen and oxygen atoms in total. The molecule has 0 radical (unpaired) electrons. The summed E-state index contributed by atoms with van der Waals surface area (Å²) in [7, 11) is 1.61. The highest BCUT2D eigenvalue weighted by Gasteiger charge is 2.42. The first kappa shape index (κ1) is 22.2. The maximum atomic E-state index is 13.9. The zero-order chi connectivity index (χ0) is 23.2. The fourth-order valence-corrected chi connectivity index (χ4v) is 7.32. The van der Waals surface area contributed by atoms with Crippen LogP contribution in [0.5, 0.6) is 5.75 Å². The second-order valence-electron chi connectivity index (χ2n) is 9.65. The Morgan fingerprint density at radius 2 is 1.94 bits per heavy atom. The lowest BCUT2D eigenvalue weighted by molar-refractivity contribution is -0.119. The summed E-state index contributed by atoms with van der Waals surface area (Å²) in [6.45, 7) is 0. The Bertz CT molecular complexity index is 1290. The third-order valence-corrected chi connectivity index (χ3v) is 9.33. The van der Waals surface area contributed by atoms with Crippen LogP contribution < -0.4 is 15.6 Å². The van der Waals surface area contributed by atoms with E-state index in [2.05, 4.69) is 5.32 Å². The van der Waals surface area contributed by atoms with Gasteiger partial charge in [0.05, 0.1) is 23.9 Å². The first-order valence-corrected chi connectivity index (χ1v) is 14.1. The number of nitrogens with zero attached hydrogens (tertiary/aromatic N) is 2.